The van der Waals surface area contributed by atoms with E-state index in [1.807, 2.05) is 43.3 Å². The summed E-state index contributed by atoms with van der Waals surface area (Å²) in [4.78, 5) is 13.5. The van der Waals surface area contributed by atoms with Crippen LogP contribution >= 0.6 is 0 Å². The van der Waals surface area contributed by atoms with Gasteiger partial charge in [0.15, 0.2) is 0 Å². The normalized spacial score (nSPS) is 10.3. The summed E-state index contributed by atoms with van der Waals surface area (Å²) < 4.78 is 10.5. The highest BCUT2D eigenvalue weighted by molar-refractivity contribution is 5.75. The highest BCUT2D eigenvalue weighted by Gasteiger charge is 2.11. The van der Waals surface area contributed by atoms with Crippen molar-refractivity contribution >= 4 is 5.91 Å². The molecule has 2 rings (SSSR count). The quantitative estimate of drug-likeness (QED) is 0.811. The predicted molar refractivity (Wildman–Crippen MR) is 74.3 cm³/mol. The third-order valence-corrected chi connectivity index (χ3v) is 2.83. The number of amides is 1. The molecule has 0 aliphatic rings. The molecule has 0 N–H and O–H groups in total. The molecule has 0 saturated carbocycles. The van der Waals surface area contributed by atoms with Crippen LogP contribution in [0.2, 0.25) is 0 Å². The van der Waals surface area contributed by atoms with Gasteiger partial charge in [-0.25, -0.2) is 0 Å². The van der Waals surface area contributed by atoms with Crippen molar-refractivity contribution in [3.8, 4) is 5.75 Å². The monoisotopic (exact) mass is 274 g/mol. The maximum Gasteiger partial charge on any atom is 0.226 e. The predicted octanol–water partition coefficient (Wildman–Crippen LogP) is 2.41. The van der Waals surface area contributed by atoms with E-state index in [9.17, 15) is 4.79 Å². The molecule has 0 aliphatic carbocycles. The molecule has 0 spiro atoms. The topological polar surface area (TPSA) is 55.6 Å². The standard InChI is InChI=1S/C15H18N2O3/c1-12-10-13(16-20-12)11-17(2)15(18)8-9-19-14-6-4-3-5-7-14/h3-7,10H,8-9,11H2,1-2H3. The van der Waals surface area contributed by atoms with E-state index in [4.69, 9.17) is 9.26 Å². The van der Waals surface area contributed by atoms with Crippen molar-refractivity contribution in [3.05, 3.63) is 47.9 Å². The van der Waals surface area contributed by atoms with Crippen LogP contribution in [0.5, 0.6) is 5.75 Å². The SMILES string of the molecule is Cc1cc(CN(C)C(=O)CCOc2ccccc2)no1. The lowest BCUT2D eigenvalue weighted by atomic mass is 10.3. The average molecular weight is 274 g/mol. The molecular weight excluding hydrogens is 256 g/mol. The van der Waals surface area contributed by atoms with Crippen LogP contribution in [0.3, 0.4) is 0 Å². The zero-order chi connectivity index (χ0) is 14.4. The van der Waals surface area contributed by atoms with Gasteiger partial charge in [-0.1, -0.05) is 23.4 Å². The molecule has 0 atom stereocenters. The average Bonchev–Trinajstić information content (AvgIpc) is 2.85. The summed E-state index contributed by atoms with van der Waals surface area (Å²) >= 11 is 0. The van der Waals surface area contributed by atoms with E-state index in [1.54, 1.807) is 11.9 Å². The first-order valence-electron chi connectivity index (χ1n) is 6.49. The summed E-state index contributed by atoms with van der Waals surface area (Å²) in [6, 6.07) is 11.3. The Bertz CT molecular complexity index is 551. The Kier molecular flexibility index (Phi) is 4.76. The van der Waals surface area contributed by atoms with Crippen LogP contribution in [0.4, 0.5) is 0 Å². The third-order valence-electron chi connectivity index (χ3n) is 2.83. The Hall–Kier alpha value is -2.30. The van der Waals surface area contributed by atoms with Crippen molar-refractivity contribution in [2.75, 3.05) is 13.7 Å². The summed E-state index contributed by atoms with van der Waals surface area (Å²) in [5, 5.41) is 3.87. The summed E-state index contributed by atoms with van der Waals surface area (Å²) in [6.07, 6.45) is 0.336. The molecule has 20 heavy (non-hydrogen) atoms. The molecule has 0 bridgehead atoms. The summed E-state index contributed by atoms with van der Waals surface area (Å²) in [5.41, 5.74) is 0.752. The molecule has 2 aromatic rings. The van der Waals surface area contributed by atoms with Crippen molar-refractivity contribution < 1.29 is 14.1 Å². The van der Waals surface area contributed by atoms with E-state index in [0.717, 1.165) is 17.2 Å². The number of hydrogen-bond donors (Lipinski definition) is 0. The Labute approximate surface area is 118 Å². The summed E-state index contributed by atoms with van der Waals surface area (Å²) in [6.45, 7) is 2.64. The first-order chi connectivity index (χ1) is 9.65. The minimum Gasteiger partial charge on any atom is -0.493 e. The molecule has 5 heteroatoms. The maximum atomic E-state index is 11.9. The van der Waals surface area contributed by atoms with Crippen LogP contribution in [0.15, 0.2) is 40.9 Å². The zero-order valence-corrected chi connectivity index (χ0v) is 11.7. The van der Waals surface area contributed by atoms with Gasteiger partial charge < -0.3 is 14.2 Å². The minimum atomic E-state index is 0.0154. The van der Waals surface area contributed by atoms with Crippen LogP contribution < -0.4 is 4.74 Å². The molecule has 1 aromatic heterocycles. The second-order valence-electron chi connectivity index (χ2n) is 4.59. The lowest BCUT2D eigenvalue weighted by Crippen LogP contribution is -2.27. The van der Waals surface area contributed by atoms with E-state index >= 15 is 0 Å². The molecule has 0 fully saturated rings. The Balaban J connectivity index is 1.74. The van der Waals surface area contributed by atoms with E-state index < -0.39 is 0 Å². The summed E-state index contributed by atoms with van der Waals surface area (Å²) in [7, 11) is 1.74. The van der Waals surface area contributed by atoms with Gasteiger partial charge in [0.05, 0.1) is 19.6 Å². The highest BCUT2D eigenvalue weighted by atomic mass is 16.5. The molecule has 0 unspecified atom stereocenters. The van der Waals surface area contributed by atoms with Gasteiger partial charge in [0.1, 0.15) is 17.2 Å². The molecule has 1 heterocycles. The summed E-state index contributed by atoms with van der Waals surface area (Å²) in [5.74, 6) is 1.53. The first-order valence-corrected chi connectivity index (χ1v) is 6.49. The zero-order valence-electron chi connectivity index (χ0n) is 11.7. The molecule has 1 amide bonds. The van der Waals surface area contributed by atoms with E-state index in [1.165, 1.54) is 0 Å². The number of ether oxygens (including phenoxy) is 1. The Morgan fingerprint density at radius 2 is 2.10 bits per heavy atom. The van der Waals surface area contributed by atoms with Crippen LogP contribution in [0.25, 0.3) is 0 Å². The van der Waals surface area contributed by atoms with Crippen LogP contribution in [-0.2, 0) is 11.3 Å². The Morgan fingerprint density at radius 1 is 1.35 bits per heavy atom. The van der Waals surface area contributed by atoms with Crippen molar-refractivity contribution in [2.45, 2.75) is 19.9 Å². The van der Waals surface area contributed by atoms with Gasteiger partial charge in [-0.3, -0.25) is 4.79 Å². The number of carbonyl (C=O) groups excluding carboxylic acids is 1. The number of aryl methyl sites for hydroxylation is 1. The smallest absolute Gasteiger partial charge is 0.226 e. The fraction of sp³-hybridized carbons (Fsp3) is 0.333. The first kappa shape index (κ1) is 14.1. The van der Waals surface area contributed by atoms with Gasteiger partial charge in [0, 0.05) is 13.1 Å². The van der Waals surface area contributed by atoms with Crippen LogP contribution in [0.1, 0.15) is 17.9 Å². The molecule has 1 aromatic carbocycles. The fourth-order valence-electron chi connectivity index (χ4n) is 1.79. The largest absolute Gasteiger partial charge is 0.493 e. The molecule has 5 nitrogen and oxygen atoms in total. The van der Waals surface area contributed by atoms with Crippen molar-refractivity contribution in [2.24, 2.45) is 0 Å². The second-order valence-corrected chi connectivity index (χ2v) is 4.59. The van der Waals surface area contributed by atoms with Crippen molar-refractivity contribution in [1.82, 2.24) is 10.1 Å². The van der Waals surface area contributed by atoms with Gasteiger partial charge >= 0.3 is 0 Å². The van der Waals surface area contributed by atoms with Crippen molar-refractivity contribution in [3.63, 3.8) is 0 Å². The number of nitrogens with zero attached hydrogens (tertiary/aromatic N) is 2. The van der Waals surface area contributed by atoms with Crippen LogP contribution in [0, 0.1) is 6.92 Å². The fourth-order valence-corrected chi connectivity index (χ4v) is 1.79. The Morgan fingerprint density at radius 3 is 2.75 bits per heavy atom. The maximum absolute atomic E-state index is 11.9. The number of aromatic nitrogens is 1. The molecular formula is C15H18N2O3. The number of hydrogen-bond acceptors (Lipinski definition) is 4. The molecule has 106 valence electrons. The van der Waals surface area contributed by atoms with E-state index in [-0.39, 0.29) is 5.91 Å². The van der Waals surface area contributed by atoms with E-state index in [0.29, 0.717) is 19.6 Å². The van der Waals surface area contributed by atoms with Gasteiger partial charge in [-0.2, -0.15) is 0 Å². The molecule has 0 saturated heterocycles. The van der Waals surface area contributed by atoms with Crippen molar-refractivity contribution in [1.29, 1.82) is 0 Å². The number of benzene rings is 1. The third kappa shape index (κ3) is 4.12. The highest BCUT2D eigenvalue weighted by Crippen LogP contribution is 2.09. The van der Waals surface area contributed by atoms with Gasteiger partial charge in [0.2, 0.25) is 5.91 Å². The van der Waals surface area contributed by atoms with Gasteiger partial charge in [-0.15, -0.1) is 0 Å². The number of para-hydroxylation sites is 1. The lowest BCUT2D eigenvalue weighted by molar-refractivity contribution is -0.131. The number of carbonyl (C=O) groups is 1. The minimum absolute atomic E-state index is 0.0154. The van der Waals surface area contributed by atoms with Gasteiger partial charge in [0.25, 0.3) is 0 Å². The van der Waals surface area contributed by atoms with E-state index in [2.05, 4.69) is 5.16 Å². The van der Waals surface area contributed by atoms with Gasteiger partial charge in [-0.05, 0) is 19.1 Å². The lowest BCUT2D eigenvalue weighted by Gasteiger charge is -2.15. The molecule has 0 radical (unpaired) electrons. The van der Waals surface area contributed by atoms with Crippen LogP contribution in [-0.4, -0.2) is 29.6 Å². The molecule has 0 aliphatic heterocycles. The number of rotatable bonds is 6. The second kappa shape index (κ2) is 6.75.